The first-order chi connectivity index (χ1) is 9.56. The van der Waals surface area contributed by atoms with Gasteiger partial charge in [0, 0.05) is 11.1 Å². The number of aromatic amines is 1. The lowest BCUT2D eigenvalue weighted by atomic mass is 9.99. The lowest BCUT2D eigenvalue weighted by molar-refractivity contribution is 0.355. The number of nitrogens with one attached hydrogen (secondary N) is 1. The predicted molar refractivity (Wildman–Crippen MR) is 80.1 cm³/mol. The fourth-order valence-corrected chi connectivity index (χ4v) is 2.22. The van der Waals surface area contributed by atoms with Crippen molar-refractivity contribution < 1.29 is 9.47 Å². The molecule has 0 saturated carbocycles. The first kappa shape index (κ1) is 14.2. The fraction of sp³-hybridized carbons (Fsp3) is 0.400. The van der Waals surface area contributed by atoms with E-state index in [1.807, 2.05) is 18.2 Å². The Morgan fingerprint density at radius 1 is 1.20 bits per heavy atom. The molecular formula is C15H21N3O2. The Hall–Kier alpha value is -2.17. The van der Waals surface area contributed by atoms with Gasteiger partial charge in [-0.2, -0.15) is 5.10 Å². The molecule has 1 aromatic heterocycles. The van der Waals surface area contributed by atoms with Crippen LogP contribution in [0.4, 0.5) is 5.82 Å². The number of nitrogen functional groups attached to an aromatic ring is 1. The van der Waals surface area contributed by atoms with Crippen molar-refractivity contribution in [2.75, 3.05) is 20.0 Å². The van der Waals surface area contributed by atoms with Gasteiger partial charge in [0.15, 0.2) is 11.5 Å². The molecule has 0 bridgehead atoms. The molecule has 1 heterocycles. The van der Waals surface area contributed by atoms with Crippen LogP contribution in [0.1, 0.15) is 19.4 Å². The number of anilines is 1. The molecule has 0 atom stereocenters. The van der Waals surface area contributed by atoms with Gasteiger partial charge in [-0.3, -0.25) is 5.10 Å². The van der Waals surface area contributed by atoms with E-state index >= 15 is 0 Å². The van der Waals surface area contributed by atoms with Crippen LogP contribution < -0.4 is 15.2 Å². The summed E-state index contributed by atoms with van der Waals surface area (Å²) in [5.74, 6) is 2.46. The molecule has 108 valence electrons. The number of rotatable bonds is 5. The van der Waals surface area contributed by atoms with Crippen molar-refractivity contribution in [3.63, 3.8) is 0 Å². The van der Waals surface area contributed by atoms with Crippen LogP contribution in [0.25, 0.3) is 11.3 Å². The fourth-order valence-electron chi connectivity index (χ4n) is 2.22. The van der Waals surface area contributed by atoms with Gasteiger partial charge in [0.1, 0.15) is 5.82 Å². The number of methoxy groups -OCH3 is 2. The molecule has 2 rings (SSSR count). The Labute approximate surface area is 119 Å². The number of hydrogen-bond donors (Lipinski definition) is 2. The summed E-state index contributed by atoms with van der Waals surface area (Å²) in [4.78, 5) is 0. The minimum Gasteiger partial charge on any atom is -0.493 e. The van der Waals surface area contributed by atoms with Gasteiger partial charge in [-0.05, 0) is 30.5 Å². The Balaban J connectivity index is 2.46. The zero-order valence-electron chi connectivity index (χ0n) is 12.4. The smallest absolute Gasteiger partial charge is 0.161 e. The summed E-state index contributed by atoms with van der Waals surface area (Å²) < 4.78 is 10.6. The second-order valence-electron chi connectivity index (χ2n) is 5.13. The number of benzene rings is 1. The minimum absolute atomic E-state index is 0.508. The molecule has 0 aliphatic carbocycles. The molecule has 0 aliphatic rings. The van der Waals surface area contributed by atoms with Crippen molar-refractivity contribution in [1.29, 1.82) is 0 Å². The van der Waals surface area contributed by atoms with Crippen LogP contribution in [-0.2, 0) is 6.42 Å². The van der Waals surface area contributed by atoms with Crippen molar-refractivity contribution in [3.05, 3.63) is 23.8 Å². The molecule has 5 heteroatoms. The average Bonchev–Trinajstić information content (AvgIpc) is 2.79. The second kappa shape index (κ2) is 5.86. The Morgan fingerprint density at radius 3 is 2.50 bits per heavy atom. The van der Waals surface area contributed by atoms with Gasteiger partial charge in [0.2, 0.25) is 0 Å². The molecule has 5 nitrogen and oxygen atoms in total. The summed E-state index contributed by atoms with van der Waals surface area (Å²) in [7, 11) is 3.24. The maximum absolute atomic E-state index is 5.96. The third-order valence-corrected chi connectivity index (χ3v) is 3.18. The van der Waals surface area contributed by atoms with Gasteiger partial charge in [0.05, 0.1) is 19.9 Å². The Kier molecular flexibility index (Phi) is 4.17. The number of aromatic nitrogens is 2. The van der Waals surface area contributed by atoms with Gasteiger partial charge in [0.25, 0.3) is 0 Å². The molecule has 2 aromatic rings. The summed E-state index contributed by atoms with van der Waals surface area (Å²) in [6.45, 7) is 4.32. The molecule has 0 saturated heterocycles. The van der Waals surface area contributed by atoms with Gasteiger partial charge < -0.3 is 15.2 Å². The van der Waals surface area contributed by atoms with Crippen molar-refractivity contribution in [1.82, 2.24) is 10.2 Å². The molecule has 20 heavy (non-hydrogen) atoms. The summed E-state index contributed by atoms with van der Waals surface area (Å²) in [5, 5.41) is 7.14. The van der Waals surface area contributed by atoms with Gasteiger partial charge in [-0.15, -0.1) is 0 Å². The molecule has 3 N–H and O–H groups in total. The monoisotopic (exact) mass is 275 g/mol. The quantitative estimate of drug-likeness (QED) is 0.880. The summed E-state index contributed by atoms with van der Waals surface area (Å²) in [5.41, 5.74) is 8.93. The molecule has 0 spiro atoms. The van der Waals surface area contributed by atoms with Crippen LogP contribution in [0, 0.1) is 5.92 Å². The highest BCUT2D eigenvalue weighted by atomic mass is 16.5. The van der Waals surface area contributed by atoms with Crippen LogP contribution >= 0.6 is 0 Å². The van der Waals surface area contributed by atoms with E-state index in [2.05, 4.69) is 24.0 Å². The first-order valence-electron chi connectivity index (χ1n) is 6.62. The number of ether oxygens (including phenoxy) is 2. The van der Waals surface area contributed by atoms with E-state index in [1.165, 1.54) is 0 Å². The lowest BCUT2D eigenvalue weighted by Gasteiger charge is -2.11. The summed E-state index contributed by atoms with van der Waals surface area (Å²) >= 11 is 0. The van der Waals surface area contributed by atoms with Crippen LogP contribution in [0.5, 0.6) is 11.5 Å². The molecule has 0 fully saturated rings. The predicted octanol–water partition coefficient (Wildman–Crippen LogP) is 2.87. The number of hydrogen-bond acceptors (Lipinski definition) is 4. The van der Waals surface area contributed by atoms with E-state index in [0.29, 0.717) is 23.2 Å². The van der Waals surface area contributed by atoms with Gasteiger partial charge in [-0.25, -0.2) is 0 Å². The Morgan fingerprint density at radius 2 is 1.90 bits per heavy atom. The van der Waals surface area contributed by atoms with E-state index in [1.54, 1.807) is 14.2 Å². The molecule has 0 radical (unpaired) electrons. The molecule has 1 aromatic carbocycles. The number of H-pyrrole nitrogens is 1. The lowest BCUT2D eigenvalue weighted by Crippen LogP contribution is -1.99. The van der Waals surface area contributed by atoms with Crippen LogP contribution in [0.2, 0.25) is 0 Å². The summed E-state index contributed by atoms with van der Waals surface area (Å²) in [6, 6.07) is 5.78. The van der Waals surface area contributed by atoms with Crippen LogP contribution in [0.3, 0.4) is 0 Å². The third-order valence-electron chi connectivity index (χ3n) is 3.18. The van der Waals surface area contributed by atoms with Crippen molar-refractivity contribution >= 4 is 5.82 Å². The molecule has 0 unspecified atom stereocenters. The second-order valence-corrected chi connectivity index (χ2v) is 5.13. The van der Waals surface area contributed by atoms with Crippen LogP contribution in [-0.4, -0.2) is 24.4 Å². The van der Waals surface area contributed by atoms with Crippen molar-refractivity contribution in [2.45, 2.75) is 20.3 Å². The van der Waals surface area contributed by atoms with E-state index in [0.717, 1.165) is 23.2 Å². The topological polar surface area (TPSA) is 73.2 Å². The first-order valence-corrected chi connectivity index (χ1v) is 6.62. The largest absolute Gasteiger partial charge is 0.493 e. The normalized spacial score (nSPS) is 10.8. The molecular weight excluding hydrogens is 254 g/mol. The maximum Gasteiger partial charge on any atom is 0.161 e. The van der Waals surface area contributed by atoms with E-state index in [9.17, 15) is 0 Å². The zero-order chi connectivity index (χ0) is 14.7. The molecule has 0 aliphatic heterocycles. The number of nitrogens with two attached hydrogens (primary N) is 1. The zero-order valence-corrected chi connectivity index (χ0v) is 12.4. The third kappa shape index (κ3) is 2.71. The summed E-state index contributed by atoms with van der Waals surface area (Å²) in [6.07, 6.45) is 0.881. The minimum atomic E-state index is 0.508. The highest BCUT2D eigenvalue weighted by molar-refractivity contribution is 5.70. The van der Waals surface area contributed by atoms with E-state index < -0.39 is 0 Å². The van der Waals surface area contributed by atoms with Gasteiger partial charge >= 0.3 is 0 Å². The van der Waals surface area contributed by atoms with E-state index in [-0.39, 0.29) is 0 Å². The highest BCUT2D eigenvalue weighted by Crippen LogP contribution is 2.34. The van der Waals surface area contributed by atoms with Gasteiger partial charge in [-0.1, -0.05) is 13.8 Å². The van der Waals surface area contributed by atoms with E-state index in [4.69, 9.17) is 15.2 Å². The maximum atomic E-state index is 5.96. The molecule has 0 amide bonds. The van der Waals surface area contributed by atoms with Crippen molar-refractivity contribution in [2.24, 2.45) is 5.92 Å². The number of nitrogens with zero attached hydrogens (tertiary/aromatic N) is 1. The van der Waals surface area contributed by atoms with Crippen molar-refractivity contribution in [3.8, 4) is 22.8 Å². The van der Waals surface area contributed by atoms with Crippen LogP contribution in [0.15, 0.2) is 18.2 Å². The Bertz CT molecular complexity index is 591. The highest BCUT2D eigenvalue weighted by Gasteiger charge is 2.15. The average molecular weight is 275 g/mol. The standard InChI is InChI=1S/C15H21N3O2/c1-9(2)7-11-14(17-18-15(11)16)10-5-6-12(19-3)13(8-10)20-4/h5-6,8-9H,7H2,1-4H3,(H3,16,17,18). The SMILES string of the molecule is COc1ccc(-c2[nH]nc(N)c2CC(C)C)cc1OC.